The number of hydrogen-bond acceptors (Lipinski definition) is 20. The van der Waals surface area contributed by atoms with Gasteiger partial charge >= 0.3 is 23.9 Å². The van der Waals surface area contributed by atoms with Crippen LogP contribution in [0.2, 0.25) is 0 Å². The second kappa shape index (κ2) is 48.3. The molecule has 0 aromatic rings. The maximum atomic E-state index is 12.9. The van der Waals surface area contributed by atoms with E-state index in [4.69, 9.17) is 21.7 Å². The minimum atomic E-state index is -1.05. The molecule has 0 aromatic carbocycles. The molecule has 478 valence electrons. The Morgan fingerprint density at radius 1 is 0.549 bits per heavy atom. The van der Waals surface area contributed by atoms with E-state index in [1.807, 2.05) is 45.4 Å². The van der Waals surface area contributed by atoms with Crippen molar-refractivity contribution in [2.45, 2.75) is 188 Å². The van der Waals surface area contributed by atoms with Gasteiger partial charge in [0.25, 0.3) is 0 Å². The van der Waals surface area contributed by atoms with Gasteiger partial charge in [0.05, 0.1) is 0 Å². The lowest BCUT2D eigenvalue weighted by Crippen LogP contribution is -2.43. The molecule has 82 heavy (non-hydrogen) atoms. The fraction of sp³-hybridized carbons (Fsp3) is 0.830. The molecule has 2 rings (SSSR count). The summed E-state index contributed by atoms with van der Waals surface area (Å²) in [6.45, 7) is 23.7. The van der Waals surface area contributed by atoms with Crippen molar-refractivity contribution in [1.29, 1.82) is 0 Å². The number of aliphatic carboxylic acids is 4. The Morgan fingerprint density at radius 3 is 1.44 bits per heavy atom. The number of nitrogens with two attached hydrogens (primary N) is 2. The van der Waals surface area contributed by atoms with Gasteiger partial charge in [-0.25, -0.2) is 14.4 Å². The summed E-state index contributed by atoms with van der Waals surface area (Å²) < 4.78 is 0. The Kier molecular flexibility index (Phi) is 48.5. The molecule has 0 aliphatic carbocycles. The van der Waals surface area contributed by atoms with Crippen molar-refractivity contribution in [1.82, 2.24) is 25.8 Å². The van der Waals surface area contributed by atoms with E-state index in [1.165, 1.54) is 77.3 Å². The molecular formula is C53H99N7O13S9. The fourth-order valence-electron chi connectivity index (χ4n) is 7.30. The molecule has 0 saturated carbocycles. The molecule has 0 bridgehead atoms. The van der Waals surface area contributed by atoms with E-state index in [1.54, 1.807) is 48.1 Å². The highest BCUT2D eigenvalue weighted by atomic mass is 33.1. The molecule has 2 aliphatic heterocycles. The van der Waals surface area contributed by atoms with Crippen LogP contribution in [0, 0.1) is 29.6 Å². The monoisotopic (exact) mass is 1330 g/mol. The standard InChI is InChI=1S/C28H48N2O6S4.C12H22N2O4S2.C8H18N2O2S2.C5H11NOS/c1-19(2)9-5-6-10-22(40-39-18-21(4)26(32)30-15-8-12-24(30)28(35)36)13-16-37-38-17-20(3)25(31)29-14-7-11-23(29)27(33)34;1-7(2)10(13-8(3)15)5-19-20-6-11(12(17)18)14-9(4)16;1-5(2)6(9)3-13-14-4-7(10)8(11)12;1-4(3-8)6-5(2)7/h19-24H,5-18H2,1-4H3,(H,33,34)(H,35,36);7,10-11H,5-6H2,1-4H3,(H,13,15)(H,14,16)(H,17,18);5-7H,3-4,9-10H2,1-2H3,(H,11,12);4,8H,3H2,1-2H3,(H,6,7). The zero-order chi connectivity index (χ0) is 63.1. The average molecular weight is 1330 g/mol. The molecule has 29 heteroatoms. The number of rotatable bonds is 37. The Morgan fingerprint density at radius 2 is 1.01 bits per heavy atom. The normalized spacial score (nSPS) is 17.7. The van der Waals surface area contributed by atoms with E-state index in [9.17, 15) is 53.4 Å². The van der Waals surface area contributed by atoms with Crippen LogP contribution < -0.4 is 27.4 Å². The summed E-state index contributed by atoms with van der Waals surface area (Å²) in [5, 5.41) is 44.6. The van der Waals surface area contributed by atoms with Gasteiger partial charge in [-0.3, -0.25) is 28.8 Å². The minimum Gasteiger partial charge on any atom is -0.480 e. The largest absolute Gasteiger partial charge is 0.480 e. The summed E-state index contributed by atoms with van der Waals surface area (Å²) in [5.74, 6) is 1.93. The number of carbonyl (C=O) groups is 9. The van der Waals surface area contributed by atoms with Crippen LogP contribution in [0.25, 0.3) is 0 Å². The number of carboxylic acids is 4. The van der Waals surface area contributed by atoms with Crippen LogP contribution in [-0.4, -0.2) is 190 Å². The molecule has 5 amide bonds. The predicted octanol–water partition coefficient (Wildman–Crippen LogP) is 8.47. The average Bonchev–Trinajstić information content (AvgIpc) is 4.10. The molecule has 2 heterocycles. The molecule has 2 saturated heterocycles. The van der Waals surface area contributed by atoms with Gasteiger partial charge < -0.3 is 57.6 Å². The van der Waals surface area contributed by atoms with E-state index in [0.29, 0.717) is 77.7 Å². The van der Waals surface area contributed by atoms with Gasteiger partial charge in [-0.1, -0.05) is 161 Å². The van der Waals surface area contributed by atoms with Crippen molar-refractivity contribution in [3.63, 3.8) is 0 Å². The molecule has 0 aromatic heterocycles. The number of hydrogen-bond donors (Lipinski definition) is 10. The third-order valence-electron chi connectivity index (χ3n) is 12.4. The van der Waals surface area contributed by atoms with Crippen molar-refractivity contribution in [3.8, 4) is 0 Å². The highest BCUT2D eigenvalue weighted by Gasteiger charge is 2.37. The summed E-state index contributed by atoms with van der Waals surface area (Å²) in [6.07, 6.45) is 8.38. The van der Waals surface area contributed by atoms with Crippen molar-refractivity contribution in [2.24, 2.45) is 41.1 Å². The fourth-order valence-corrected chi connectivity index (χ4v) is 18.2. The van der Waals surface area contributed by atoms with Gasteiger partial charge in [0.2, 0.25) is 29.5 Å². The van der Waals surface area contributed by atoms with E-state index < -0.39 is 48.0 Å². The SMILES string of the molecule is CC(=O)NC(C)CS.CC(=O)NC(CSSCC(NC(C)=O)C(C)C)C(=O)O.CC(C)C(N)CSSCC(N)C(=O)O.CC(C)CCCCC(CCSSCC(C)C(=O)N1CCCC1C(=O)O)SSCC(C)C(=O)N1CCCC1C(=O)O. The van der Waals surface area contributed by atoms with Crippen LogP contribution in [0.3, 0.4) is 0 Å². The molecular weight excluding hydrogens is 1230 g/mol. The van der Waals surface area contributed by atoms with Crippen molar-refractivity contribution in [3.05, 3.63) is 0 Å². The Balaban J connectivity index is 0. The summed E-state index contributed by atoms with van der Waals surface area (Å²) in [5.41, 5.74) is 11.1. The summed E-state index contributed by atoms with van der Waals surface area (Å²) in [4.78, 5) is 105. The molecule has 11 N–H and O–H groups in total. The maximum Gasteiger partial charge on any atom is 0.327 e. The second-order valence-electron chi connectivity index (χ2n) is 21.4. The number of amides is 5. The summed E-state index contributed by atoms with van der Waals surface area (Å²) in [7, 11) is 13.0. The second-order valence-corrected chi connectivity index (χ2v) is 32.2. The first-order chi connectivity index (χ1) is 38.4. The van der Waals surface area contributed by atoms with E-state index in [2.05, 4.69) is 56.3 Å². The molecule has 2 fully saturated rings. The smallest absolute Gasteiger partial charge is 0.327 e. The van der Waals surface area contributed by atoms with Crippen molar-refractivity contribution in [2.75, 3.05) is 59.1 Å². The van der Waals surface area contributed by atoms with E-state index in [0.717, 1.165) is 37.2 Å². The number of carbonyl (C=O) groups excluding carboxylic acids is 5. The third-order valence-corrected chi connectivity index (χ3v) is 23.7. The van der Waals surface area contributed by atoms with Crippen LogP contribution in [0.5, 0.6) is 0 Å². The van der Waals surface area contributed by atoms with Crippen LogP contribution in [0.1, 0.15) is 141 Å². The van der Waals surface area contributed by atoms with Crippen LogP contribution in [-0.2, 0) is 43.2 Å². The Hall–Kier alpha value is -1.70. The highest BCUT2D eigenvalue weighted by Crippen LogP contribution is 2.37. The van der Waals surface area contributed by atoms with Gasteiger partial charge in [-0.2, -0.15) is 12.6 Å². The maximum absolute atomic E-state index is 12.9. The quantitative estimate of drug-likeness (QED) is 0.0158. The Labute approximate surface area is 526 Å². The van der Waals surface area contributed by atoms with Crippen molar-refractivity contribution >= 4 is 152 Å². The zero-order valence-electron chi connectivity index (χ0n) is 50.2. The molecule has 0 spiro atoms. The molecule has 2 aliphatic rings. The lowest BCUT2D eigenvalue weighted by Gasteiger charge is -2.25. The first kappa shape index (κ1) is 82.4. The first-order valence-corrected chi connectivity index (χ1v) is 38.3. The third kappa shape index (κ3) is 40.6. The van der Waals surface area contributed by atoms with Gasteiger partial charge in [0, 0.05) is 115 Å². The number of likely N-dealkylation sites (tertiary alicyclic amines) is 2. The minimum absolute atomic E-state index is 0.00606. The number of carboxylic acid groups (broad SMARTS) is 4. The van der Waals surface area contributed by atoms with Gasteiger partial charge in [-0.15, -0.1) is 0 Å². The number of thiol groups is 1. The number of nitrogens with zero attached hydrogens (tertiary/aromatic N) is 2. The molecule has 10 atom stereocenters. The molecule has 10 unspecified atom stereocenters. The summed E-state index contributed by atoms with van der Waals surface area (Å²) in [6, 6.07) is -2.61. The van der Waals surface area contributed by atoms with Gasteiger partial charge in [0.1, 0.15) is 24.2 Å². The predicted molar refractivity (Wildman–Crippen MR) is 353 cm³/mol. The Bertz CT molecular complexity index is 1890. The highest BCUT2D eigenvalue weighted by molar-refractivity contribution is 8.77. The molecule has 0 radical (unpaired) electrons. The van der Waals surface area contributed by atoms with E-state index >= 15 is 0 Å². The van der Waals surface area contributed by atoms with Crippen LogP contribution in [0.4, 0.5) is 0 Å². The van der Waals surface area contributed by atoms with Crippen LogP contribution in [0.15, 0.2) is 0 Å². The van der Waals surface area contributed by atoms with E-state index in [-0.39, 0.29) is 65.3 Å². The topological polar surface area (TPSA) is 329 Å². The number of unbranched alkanes of at least 4 members (excludes halogenated alkanes) is 1. The number of nitrogens with one attached hydrogen (secondary N) is 3. The van der Waals surface area contributed by atoms with Crippen molar-refractivity contribution < 1.29 is 63.6 Å². The van der Waals surface area contributed by atoms with Crippen LogP contribution >= 0.6 is 99.0 Å². The summed E-state index contributed by atoms with van der Waals surface area (Å²) >= 11 is 3.98. The van der Waals surface area contributed by atoms with Gasteiger partial charge in [0.15, 0.2) is 0 Å². The lowest BCUT2D eigenvalue weighted by atomic mass is 10.0. The molecule has 20 nitrogen and oxygen atoms in total. The lowest BCUT2D eigenvalue weighted by molar-refractivity contribution is -0.149. The first-order valence-electron chi connectivity index (χ1n) is 27.8. The zero-order valence-corrected chi connectivity index (χ0v) is 57.6. The van der Waals surface area contributed by atoms with Gasteiger partial charge in [-0.05, 0) is 63.2 Å².